The number of rotatable bonds is 10. The molecular weight excluding hydrogens is 510 g/mol. The van der Waals surface area contributed by atoms with Gasteiger partial charge < -0.3 is 31.0 Å². The zero-order valence-corrected chi connectivity index (χ0v) is 21.8. The van der Waals surface area contributed by atoms with Gasteiger partial charge in [-0.2, -0.15) is 4.37 Å². The van der Waals surface area contributed by atoms with Crippen molar-refractivity contribution in [1.82, 2.24) is 9.69 Å². The lowest BCUT2D eigenvalue weighted by Crippen LogP contribution is -2.45. The summed E-state index contributed by atoms with van der Waals surface area (Å²) >= 11 is 0.740. The molecule has 0 spiro atoms. The predicted molar refractivity (Wildman–Crippen MR) is 143 cm³/mol. The molecule has 38 heavy (non-hydrogen) atoms. The molecular formula is C26H29N5O6S. The first-order valence-corrected chi connectivity index (χ1v) is 12.7. The summed E-state index contributed by atoms with van der Waals surface area (Å²) in [7, 11) is 3.04. The Bertz CT molecular complexity index is 1310. The lowest BCUT2D eigenvalue weighted by Gasteiger charge is -2.31. The highest BCUT2D eigenvalue weighted by Gasteiger charge is 2.36. The average Bonchev–Trinajstić information content (AvgIpc) is 3.60. The Balaban J connectivity index is 1.82. The maximum atomic E-state index is 14.1. The van der Waals surface area contributed by atoms with Crippen LogP contribution >= 0.6 is 11.5 Å². The Labute approximate surface area is 223 Å². The first kappa shape index (κ1) is 26.9. The van der Waals surface area contributed by atoms with E-state index in [2.05, 4.69) is 9.69 Å². The minimum absolute atomic E-state index is 0.0212. The molecule has 1 fully saturated rings. The zero-order valence-electron chi connectivity index (χ0n) is 21.0. The lowest BCUT2D eigenvalue weighted by molar-refractivity contribution is -0.123. The first-order chi connectivity index (χ1) is 18.3. The maximum Gasteiger partial charge on any atom is 0.273 e. The van der Waals surface area contributed by atoms with Gasteiger partial charge in [-0.15, -0.1) is 0 Å². The number of methoxy groups -OCH3 is 2. The topological polar surface area (TPSA) is 159 Å². The number of nitrogens with zero attached hydrogens (tertiary/aromatic N) is 2. The van der Waals surface area contributed by atoms with Crippen LogP contribution in [0.2, 0.25) is 0 Å². The van der Waals surface area contributed by atoms with Crippen LogP contribution in [0.1, 0.15) is 44.6 Å². The Morgan fingerprint density at radius 3 is 2.50 bits per heavy atom. The molecule has 2 aromatic carbocycles. The molecule has 3 amide bonds. The van der Waals surface area contributed by atoms with E-state index in [0.717, 1.165) is 24.4 Å². The van der Waals surface area contributed by atoms with E-state index < -0.39 is 23.8 Å². The van der Waals surface area contributed by atoms with Crippen molar-refractivity contribution >= 4 is 40.6 Å². The van der Waals surface area contributed by atoms with Crippen LogP contribution in [0, 0.1) is 0 Å². The number of amides is 3. The number of hydrogen-bond acceptors (Lipinski definition) is 9. The highest BCUT2D eigenvalue weighted by atomic mass is 32.1. The molecule has 1 aromatic heterocycles. The molecule has 1 aliphatic heterocycles. The molecule has 1 saturated heterocycles. The van der Waals surface area contributed by atoms with Gasteiger partial charge in [0.1, 0.15) is 22.4 Å². The quantitative estimate of drug-likeness (QED) is 0.354. The summed E-state index contributed by atoms with van der Waals surface area (Å²) in [4.78, 5) is 41.0. The van der Waals surface area contributed by atoms with Crippen LogP contribution in [-0.2, 0) is 9.53 Å². The Morgan fingerprint density at radius 2 is 1.89 bits per heavy atom. The largest absolute Gasteiger partial charge is 0.497 e. The van der Waals surface area contributed by atoms with Crippen molar-refractivity contribution in [3.05, 3.63) is 64.7 Å². The van der Waals surface area contributed by atoms with E-state index >= 15 is 0 Å². The number of anilines is 2. The fraction of sp³-hybridized carbons (Fsp3) is 0.308. The first-order valence-electron chi connectivity index (χ1n) is 11.9. The third-order valence-electron chi connectivity index (χ3n) is 6.17. The second-order valence-electron chi connectivity index (χ2n) is 8.57. The fourth-order valence-corrected chi connectivity index (χ4v) is 4.95. The molecule has 0 aliphatic carbocycles. The third kappa shape index (κ3) is 5.71. The van der Waals surface area contributed by atoms with Crippen LogP contribution in [0.5, 0.6) is 11.5 Å². The van der Waals surface area contributed by atoms with E-state index in [1.54, 1.807) is 48.5 Å². The maximum absolute atomic E-state index is 14.1. The number of aromatic nitrogens is 1. The van der Waals surface area contributed by atoms with Crippen molar-refractivity contribution in [2.24, 2.45) is 5.73 Å². The van der Waals surface area contributed by atoms with Crippen molar-refractivity contribution in [1.29, 1.82) is 0 Å². The summed E-state index contributed by atoms with van der Waals surface area (Å²) in [5.41, 5.74) is 12.0. The number of hydrogen-bond donors (Lipinski definition) is 3. The fourth-order valence-electron chi connectivity index (χ4n) is 4.20. The van der Waals surface area contributed by atoms with Crippen LogP contribution in [0.3, 0.4) is 0 Å². The monoisotopic (exact) mass is 539 g/mol. The summed E-state index contributed by atoms with van der Waals surface area (Å²) < 4.78 is 20.3. The van der Waals surface area contributed by atoms with Crippen molar-refractivity contribution < 1.29 is 28.6 Å². The second kappa shape index (κ2) is 11.9. The molecule has 2 heterocycles. The number of carbonyl (C=O) groups excluding carboxylic acids is 3. The van der Waals surface area contributed by atoms with Crippen molar-refractivity contribution in [2.75, 3.05) is 38.0 Å². The van der Waals surface area contributed by atoms with Gasteiger partial charge in [-0.3, -0.25) is 19.3 Å². The van der Waals surface area contributed by atoms with E-state index in [-0.39, 0.29) is 22.4 Å². The number of nitrogen functional groups attached to an aromatic ring is 1. The standard InChI is InChI=1S/C26H29N5O6S/c1-35-17-10-8-15(9-11-17)22(25(33)29-14-19-7-4-12-37-19)31(16-5-3-6-18(13-16)36-2)26(34)23-20(27)21(24(28)32)30-38-23/h3,5-6,8-11,13,19,22H,4,7,12,14,27H2,1-2H3,(H2,28,32)(H,29,33). The van der Waals surface area contributed by atoms with Gasteiger partial charge in [0.05, 0.1) is 26.0 Å². The van der Waals surface area contributed by atoms with Gasteiger partial charge >= 0.3 is 0 Å². The van der Waals surface area contributed by atoms with E-state index in [1.165, 1.54) is 19.1 Å². The second-order valence-corrected chi connectivity index (χ2v) is 9.34. The van der Waals surface area contributed by atoms with E-state index in [1.807, 2.05) is 0 Å². The minimum atomic E-state index is -1.12. The average molecular weight is 540 g/mol. The molecule has 4 rings (SSSR count). The van der Waals surface area contributed by atoms with Gasteiger partial charge in [-0.25, -0.2) is 0 Å². The summed E-state index contributed by atoms with van der Waals surface area (Å²) in [6.45, 7) is 0.934. The minimum Gasteiger partial charge on any atom is -0.497 e. The van der Waals surface area contributed by atoms with E-state index in [4.69, 9.17) is 25.7 Å². The molecule has 2 unspecified atom stereocenters. The summed E-state index contributed by atoms with van der Waals surface area (Å²) in [5.74, 6) is -0.853. The highest BCUT2D eigenvalue weighted by molar-refractivity contribution is 7.09. The molecule has 0 bridgehead atoms. The lowest BCUT2D eigenvalue weighted by atomic mass is 10.0. The van der Waals surface area contributed by atoms with Crippen LogP contribution in [-0.4, -0.2) is 55.6 Å². The van der Waals surface area contributed by atoms with Gasteiger partial charge in [0.25, 0.3) is 11.8 Å². The smallest absolute Gasteiger partial charge is 0.273 e. The van der Waals surface area contributed by atoms with Gasteiger partial charge in [0.15, 0.2) is 5.69 Å². The molecule has 11 nitrogen and oxygen atoms in total. The van der Waals surface area contributed by atoms with Crippen molar-refractivity contribution in [3.63, 3.8) is 0 Å². The normalized spacial score (nSPS) is 15.5. The SMILES string of the molecule is COc1ccc(C(C(=O)NCC2CCCO2)N(C(=O)c2snc(C(N)=O)c2N)c2cccc(OC)c2)cc1. The Hall–Kier alpha value is -4.16. The number of carbonyl (C=O) groups is 3. The van der Waals surface area contributed by atoms with Gasteiger partial charge in [-0.1, -0.05) is 18.2 Å². The Kier molecular flexibility index (Phi) is 8.44. The molecule has 200 valence electrons. The summed E-state index contributed by atoms with van der Waals surface area (Å²) in [5, 5.41) is 2.94. The van der Waals surface area contributed by atoms with Crippen molar-refractivity contribution in [2.45, 2.75) is 25.0 Å². The molecule has 12 heteroatoms. The van der Waals surface area contributed by atoms with Crippen LogP contribution in [0.4, 0.5) is 11.4 Å². The number of nitrogens with two attached hydrogens (primary N) is 2. The molecule has 2 atom stereocenters. The Morgan fingerprint density at radius 1 is 1.16 bits per heavy atom. The predicted octanol–water partition coefficient (Wildman–Crippen LogP) is 2.52. The number of ether oxygens (including phenoxy) is 3. The van der Waals surface area contributed by atoms with Crippen LogP contribution in [0.25, 0.3) is 0 Å². The molecule has 3 aromatic rings. The molecule has 0 saturated carbocycles. The van der Waals surface area contributed by atoms with E-state index in [0.29, 0.717) is 35.9 Å². The van der Waals surface area contributed by atoms with Gasteiger partial charge in [0.2, 0.25) is 5.91 Å². The van der Waals surface area contributed by atoms with Crippen molar-refractivity contribution in [3.8, 4) is 11.5 Å². The van der Waals surface area contributed by atoms with Gasteiger partial charge in [0, 0.05) is 24.9 Å². The molecule has 5 N–H and O–H groups in total. The summed E-state index contributed by atoms with van der Waals surface area (Å²) in [6, 6.07) is 12.4. The molecule has 1 aliphatic rings. The summed E-state index contributed by atoms with van der Waals surface area (Å²) in [6.07, 6.45) is 1.65. The number of primary amides is 1. The third-order valence-corrected chi connectivity index (χ3v) is 7.02. The zero-order chi connectivity index (χ0) is 27.2. The number of benzene rings is 2. The van der Waals surface area contributed by atoms with Crippen LogP contribution < -0.4 is 31.2 Å². The number of nitrogens with one attached hydrogen (secondary N) is 1. The van der Waals surface area contributed by atoms with Gasteiger partial charge in [-0.05, 0) is 54.2 Å². The van der Waals surface area contributed by atoms with E-state index in [9.17, 15) is 14.4 Å². The molecule has 0 radical (unpaired) electrons. The highest BCUT2D eigenvalue weighted by Crippen LogP contribution is 2.35. The van der Waals surface area contributed by atoms with Crippen LogP contribution in [0.15, 0.2) is 48.5 Å².